The van der Waals surface area contributed by atoms with Gasteiger partial charge in [0.1, 0.15) is 16.8 Å². The second-order valence-corrected chi connectivity index (χ2v) is 4.87. The third-order valence-corrected chi connectivity index (χ3v) is 3.05. The molecule has 1 aromatic heterocycles. The lowest BCUT2D eigenvalue weighted by atomic mass is 10.00. The molecule has 0 aliphatic heterocycles. The molecular weight excluding hydrogens is 281 g/mol. The smallest absolute Gasteiger partial charge is 0.149 e. The van der Waals surface area contributed by atoms with Crippen LogP contribution in [0, 0.1) is 11.7 Å². The van der Waals surface area contributed by atoms with Gasteiger partial charge in [0.05, 0.1) is 12.4 Å². The van der Waals surface area contributed by atoms with Crippen molar-refractivity contribution in [1.29, 1.82) is 0 Å². The number of aliphatic hydroxyl groups excluding tert-OH is 1. The quantitative estimate of drug-likeness (QED) is 0.860. The van der Waals surface area contributed by atoms with E-state index in [2.05, 4.69) is 15.3 Å². The highest BCUT2D eigenvalue weighted by atomic mass is 35.5. The Morgan fingerprint density at radius 3 is 2.65 bits per heavy atom. The number of hydrogen-bond donors (Lipinski definition) is 2. The van der Waals surface area contributed by atoms with Crippen LogP contribution in [0.5, 0.6) is 0 Å². The third kappa shape index (κ3) is 4.43. The normalized spacial score (nSPS) is 12.2. The molecule has 0 aliphatic carbocycles. The van der Waals surface area contributed by atoms with Crippen LogP contribution in [0.25, 0.3) is 0 Å². The van der Waals surface area contributed by atoms with Gasteiger partial charge in [-0.15, -0.1) is 0 Å². The highest BCUT2D eigenvalue weighted by Crippen LogP contribution is 2.12. The summed E-state index contributed by atoms with van der Waals surface area (Å²) in [6.45, 7) is 0.557. The molecule has 0 saturated heterocycles. The molecule has 0 saturated carbocycles. The van der Waals surface area contributed by atoms with Gasteiger partial charge in [-0.3, -0.25) is 4.98 Å². The van der Waals surface area contributed by atoms with Crippen LogP contribution < -0.4 is 5.32 Å². The van der Waals surface area contributed by atoms with Crippen LogP contribution in [0.1, 0.15) is 5.56 Å². The molecule has 20 heavy (non-hydrogen) atoms. The fourth-order valence-corrected chi connectivity index (χ4v) is 1.98. The Kier molecular flexibility index (Phi) is 5.26. The van der Waals surface area contributed by atoms with Gasteiger partial charge >= 0.3 is 0 Å². The molecule has 2 aromatic rings. The van der Waals surface area contributed by atoms with Gasteiger partial charge in [-0.05, 0) is 24.1 Å². The molecule has 1 heterocycles. The van der Waals surface area contributed by atoms with Gasteiger partial charge in [0.2, 0.25) is 0 Å². The van der Waals surface area contributed by atoms with Gasteiger partial charge in [-0.2, -0.15) is 0 Å². The summed E-state index contributed by atoms with van der Waals surface area (Å²) in [5, 5.41) is 12.8. The fraction of sp³-hybridized carbons (Fsp3) is 0.286. The van der Waals surface area contributed by atoms with E-state index in [4.69, 9.17) is 11.6 Å². The lowest BCUT2D eigenvalue weighted by molar-refractivity contribution is 0.232. The zero-order valence-corrected chi connectivity index (χ0v) is 11.5. The van der Waals surface area contributed by atoms with E-state index in [1.165, 1.54) is 18.3 Å². The molecule has 1 atom stereocenters. The summed E-state index contributed by atoms with van der Waals surface area (Å²) in [6.07, 6.45) is 3.67. The minimum Gasteiger partial charge on any atom is -0.396 e. The highest BCUT2D eigenvalue weighted by Gasteiger charge is 2.09. The summed E-state index contributed by atoms with van der Waals surface area (Å²) in [4.78, 5) is 7.98. The molecule has 0 spiro atoms. The van der Waals surface area contributed by atoms with E-state index in [1.54, 1.807) is 18.3 Å². The number of nitrogens with zero attached hydrogens (tertiary/aromatic N) is 2. The standard InChI is InChI=1S/C14H15ClFN3O/c15-13-7-17-8-14(19-13)18-6-11(9-20)5-10-1-3-12(16)4-2-10/h1-4,7-8,11,20H,5-6,9H2,(H,18,19)/t11-/m0/s1. The molecule has 0 fully saturated rings. The Morgan fingerprint density at radius 2 is 2.00 bits per heavy atom. The monoisotopic (exact) mass is 295 g/mol. The lowest BCUT2D eigenvalue weighted by Gasteiger charge is -2.15. The topological polar surface area (TPSA) is 58.0 Å². The molecule has 2 N–H and O–H groups in total. The van der Waals surface area contributed by atoms with Gasteiger partial charge in [0.25, 0.3) is 0 Å². The van der Waals surface area contributed by atoms with Gasteiger partial charge < -0.3 is 10.4 Å². The van der Waals surface area contributed by atoms with Crippen LogP contribution in [0.4, 0.5) is 10.2 Å². The van der Waals surface area contributed by atoms with Crippen molar-refractivity contribution in [1.82, 2.24) is 9.97 Å². The first kappa shape index (κ1) is 14.7. The Hall–Kier alpha value is -1.72. The Labute approximate surface area is 121 Å². The maximum Gasteiger partial charge on any atom is 0.149 e. The third-order valence-electron chi connectivity index (χ3n) is 2.87. The molecule has 6 heteroatoms. The average molecular weight is 296 g/mol. The summed E-state index contributed by atoms with van der Waals surface area (Å²) in [5.41, 5.74) is 0.976. The second kappa shape index (κ2) is 7.17. The highest BCUT2D eigenvalue weighted by molar-refractivity contribution is 6.29. The van der Waals surface area contributed by atoms with Gasteiger partial charge in [-0.1, -0.05) is 23.7 Å². The number of benzene rings is 1. The number of rotatable bonds is 6. The van der Waals surface area contributed by atoms with Crippen LogP contribution in [0.3, 0.4) is 0 Å². The van der Waals surface area contributed by atoms with Crippen LogP contribution in [-0.4, -0.2) is 28.2 Å². The van der Waals surface area contributed by atoms with E-state index in [0.29, 0.717) is 23.9 Å². The Morgan fingerprint density at radius 1 is 1.25 bits per heavy atom. The first-order chi connectivity index (χ1) is 9.67. The molecule has 0 radical (unpaired) electrons. The van der Waals surface area contributed by atoms with E-state index < -0.39 is 0 Å². The zero-order chi connectivity index (χ0) is 14.4. The molecule has 0 unspecified atom stereocenters. The lowest BCUT2D eigenvalue weighted by Crippen LogP contribution is -2.20. The largest absolute Gasteiger partial charge is 0.396 e. The average Bonchev–Trinajstić information content (AvgIpc) is 2.45. The number of aromatic nitrogens is 2. The first-order valence-corrected chi connectivity index (χ1v) is 6.62. The van der Waals surface area contributed by atoms with Crippen LogP contribution in [-0.2, 0) is 6.42 Å². The van der Waals surface area contributed by atoms with Crippen molar-refractivity contribution < 1.29 is 9.50 Å². The van der Waals surface area contributed by atoms with Gasteiger partial charge in [-0.25, -0.2) is 9.37 Å². The molecule has 2 rings (SSSR count). The molecule has 4 nitrogen and oxygen atoms in total. The summed E-state index contributed by atoms with van der Waals surface area (Å²) < 4.78 is 12.8. The van der Waals surface area contributed by atoms with E-state index in [9.17, 15) is 9.50 Å². The van der Waals surface area contributed by atoms with Crippen molar-refractivity contribution in [3.63, 3.8) is 0 Å². The minimum atomic E-state index is -0.262. The minimum absolute atomic E-state index is 0.00115. The molecule has 0 aliphatic rings. The summed E-state index contributed by atoms with van der Waals surface area (Å²) >= 11 is 5.74. The van der Waals surface area contributed by atoms with Gasteiger partial charge in [0, 0.05) is 19.1 Å². The molecule has 106 valence electrons. The summed E-state index contributed by atoms with van der Waals surface area (Å²) in [6, 6.07) is 6.27. The SMILES string of the molecule is OC[C@H](CNc1cncc(Cl)n1)Cc1ccc(F)cc1. The van der Waals surface area contributed by atoms with E-state index >= 15 is 0 Å². The number of nitrogens with one attached hydrogen (secondary N) is 1. The predicted molar refractivity (Wildman–Crippen MR) is 76.2 cm³/mol. The number of aliphatic hydroxyl groups is 1. The Balaban J connectivity index is 1.90. The number of halogens is 2. The van der Waals surface area contributed by atoms with Gasteiger partial charge in [0.15, 0.2) is 0 Å². The Bertz CT molecular complexity index is 550. The van der Waals surface area contributed by atoms with Crippen LogP contribution in [0.2, 0.25) is 5.15 Å². The molecule has 1 aromatic carbocycles. The molecular formula is C14H15ClFN3O. The van der Waals surface area contributed by atoms with Crippen LogP contribution in [0.15, 0.2) is 36.7 Å². The van der Waals surface area contributed by atoms with E-state index in [-0.39, 0.29) is 18.3 Å². The summed E-state index contributed by atoms with van der Waals surface area (Å²) in [7, 11) is 0. The molecule has 0 amide bonds. The number of anilines is 1. The predicted octanol–water partition coefficient (Wildman–Crippen LogP) is 2.53. The van der Waals surface area contributed by atoms with Crippen molar-refractivity contribution in [2.45, 2.75) is 6.42 Å². The van der Waals surface area contributed by atoms with Crippen LogP contribution >= 0.6 is 11.6 Å². The second-order valence-electron chi connectivity index (χ2n) is 4.49. The maximum absolute atomic E-state index is 12.8. The fourth-order valence-electron chi connectivity index (χ4n) is 1.83. The van der Waals surface area contributed by atoms with Crippen molar-refractivity contribution in [3.8, 4) is 0 Å². The summed E-state index contributed by atoms with van der Waals surface area (Å²) in [5.74, 6) is 0.304. The maximum atomic E-state index is 12.8. The zero-order valence-electron chi connectivity index (χ0n) is 10.8. The van der Waals surface area contributed by atoms with Crippen molar-refractivity contribution >= 4 is 17.4 Å². The number of hydrogen-bond acceptors (Lipinski definition) is 4. The van der Waals surface area contributed by atoms with Crippen molar-refractivity contribution in [2.75, 3.05) is 18.5 Å². The van der Waals surface area contributed by atoms with Crippen molar-refractivity contribution in [2.24, 2.45) is 5.92 Å². The molecule has 0 bridgehead atoms. The van der Waals surface area contributed by atoms with E-state index in [0.717, 1.165) is 5.56 Å². The first-order valence-electron chi connectivity index (χ1n) is 6.24. The van der Waals surface area contributed by atoms with Crippen molar-refractivity contribution in [3.05, 3.63) is 53.2 Å². The van der Waals surface area contributed by atoms with E-state index in [1.807, 2.05) is 0 Å².